The number of rotatable bonds is 5. The number of hydrogen-bond acceptors (Lipinski definition) is 6. The van der Waals surface area contributed by atoms with Crippen LogP contribution in [0, 0.1) is 16.7 Å². The number of pyridine rings is 1. The van der Waals surface area contributed by atoms with Crippen LogP contribution in [0.5, 0.6) is 0 Å². The van der Waals surface area contributed by atoms with E-state index >= 15 is 0 Å². The first-order valence-corrected chi connectivity index (χ1v) is 12.3. The third kappa shape index (κ3) is 3.62. The van der Waals surface area contributed by atoms with E-state index in [1.54, 1.807) is 4.90 Å². The summed E-state index contributed by atoms with van der Waals surface area (Å²) in [5.74, 6) is 0.240. The molecule has 7 nitrogen and oxygen atoms in total. The fourth-order valence-corrected chi connectivity index (χ4v) is 8.01. The Morgan fingerprint density at radius 2 is 1.97 bits per heavy atom. The molecule has 4 rings (SSSR count). The second-order valence-electron chi connectivity index (χ2n) is 9.71. The van der Waals surface area contributed by atoms with Crippen molar-refractivity contribution in [2.24, 2.45) is 16.7 Å². The fourth-order valence-electron chi connectivity index (χ4n) is 5.77. The Kier molecular flexibility index (Phi) is 5.61. The van der Waals surface area contributed by atoms with E-state index in [2.05, 4.69) is 4.98 Å². The molecule has 32 heavy (non-hydrogen) atoms. The van der Waals surface area contributed by atoms with Crippen molar-refractivity contribution in [3.8, 4) is 0 Å². The monoisotopic (exact) mass is 475 g/mol. The standard InChI is InChI=1S/C21H28F3N3O4S/c1-19(2)14-5-6-20(19,17(29)9-14)13-32(30,31)26-7-8-27(16(11-26)12-28)18-4-3-15(10-25-18)21(22,23)24/h3-4,10,14,16,28H,5-9,11-13H2,1-2H3/t14-,16?,20+/m0/s1. The van der Waals surface area contributed by atoms with E-state index in [4.69, 9.17) is 0 Å². The molecule has 1 aromatic rings. The van der Waals surface area contributed by atoms with Crippen LogP contribution in [-0.2, 0) is 21.0 Å². The van der Waals surface area contributed by atoms with Gasteiger partial charge < -0.3 is 10.0 Å². The highest BCUT2D eigenvalue weighted by atomic mass is 32.2. The number of aliphatic hydroxyl groups excluding tert-OH is 1. The first kappa shape index (κ1) is 23.4. The lowest BCUT2D eigenvalue weighted by Crippen LogP contribution is -2.58. The van der Waals surface area contributed by atoms with Gasteiger partial charge in [0.05, 0.1) is 24.0 Å². The van der Waals surface area contributed by atoms with Crippen molar-refractivity contribution in [1.29, 1.82) is 0 Å². The van der Waals surface area contributed by atoms with Crippen LogP contribution in [0.3, 0.4) is 0 Å². The van der Waals surface area contributed by atoms with Crippen molar-refractivity contribution < 1.29 is 31.5 Å². The molecule has 1 N–H and O–H groups in total. The summed E-state index contributed by atoms with van der Waals surface area (Å²) in [6.45, 7) is 3.85. The average molecular weight is 476 g/mol. The van der Waals surface area contributed by atoms with Crippen LogP contribution >= 0.6 is 0 Å². The van der Waals surface area contributed by atoms with Crippen molar-refractivity contribution in [2.45, 2.75) is 45.3 Å². The maximum atomic E-state index is 13.4. The minimum atomic E-state index is -4.50. The van der Waals surface area contributed by atoms with Crippen LogP contribution < -0.4 is 4.90 Å². The third-order valence-corrected chi connectivity index (χ3v) is 9.96. The Bertz CT molecular complexity index is 997. The van der Waals surface area contributed by atoms with Gasteiger partial charge in [0, 0.05) is 37.7 Å². The number of Topliss-reactive ketones (excluding diaryl/α,β-unsaturated/α-hetero) is 1. The molecule has 11 heteroatoms. The topological polar surface area (TPSA) is 90.8 Å². The molecule has 0 radical (unpaired) electrons. The number of sulfonamides is 1. The van der Waals surface area contributed by atoms with Crippen LogP contribution in [0.4, 0.5) is 19.0 Å². The SMILES string of the molecule is CC1(C)[C@H]2CC[C@@]1(CS(=O)(=O)N1CCN(c3ccc(C(F)(F)F)cn3)C(CO)C1)C(=O)C2. The summed E-state index contributed by atoms with van der Waals surface area (Å²) >= 11 is 0. The van der Waals surface area contributed by atoms with E-state index in [1.165, 1.54) is 10.4 Å². The lowest BCUT2D eigenvalue weighted by atomic mass is 9.70. The molecule has 178 valence electrons. The van der Waals surface area contributed by atoms with Crippen molar-refractivity contribution in [2.75, 3.05) is 36.9 Å². The van der Waals surface area contributed by atoms with E-state index in [0.29, 0.717) is 12.8 Å². The van der Waals surface area contributed by atoms with Gasteiger partial charge in [0.2, 0.25) is 10.0 Å². The van der Waals surface area contributed by atoms with Gasteiger partial charge in [0.15, 0.2) is 0 Å². The Morgan fingerprint density at radius 3 is 2.47 bits per heavy atom. The zero-order valence-electron chi connectivity index (χ0n) is 18.1. The first-order valence-electron chi connectivity index (χ1n) is 10.7. The van der Waals surface area contributed by atoms with Gasteiger partial charge in [0.25, 0.3) is 0 Å². The number of hydrogen-bond donors (Lipinski definition) is 1. The van der Waals surface area contributed by atoms with Gasteiger partial charge in [0.1, 0.15) is 11.6 Å². The van der Waals surface area contributed by atoms with E-state index in [1.807, 2.05) is 13.8 Å². The van der Waals surface area contributed by atoms with E-state index < -0.39 is 33.2 Å². The molecule has 2 saturated carbocycles. The van der Waals surface area contributed by atoms with Crippen molar-refractivity contribution in [1.82, 2.24) is 9.29 Å². The summed E-state index contributed by atoms with van der Waals surface area (Å²) in [6, 6.07) is 1.50. The van der Waals surface area contributed by atoms with E-state index in [0.717, 1.165) is 18.7 Å². The Hall–Kier alpha value is -1.72. The van der Waals surface area contributed by atoms with Gasteiger partial charge >= 0.3 is 6.18 Å². The minimum Gasteiger partial charge on any atom is -0.394 e. The zero-order valence-corrected chi connectivity index (χ0v) is 18.9. The van der Waals surface area contributed by atoms with E-state index in [-0.39, 0.29) is 54.9 Å². The lowest BCUT2D eigenvalue weighted by Gasteiger charge is -2.43. The molecule has 3 fully saturated rings. The molecule has 1 saturated heterocycles. The number of aromatic nitrogens is 1. The number of alkyl halides is 3. The number of ketones is 1. The van der Waals surface area contributed by atoms with Crippen LogP contribution in [0.15, 0.2) is 18.3 Å². The molecule has 2 heterocycles. The van der Waals surface area contributed by atoms with Crippen LogP contribution in [0.1, 0.15) is 38.7 Å². The number of aliphatic hydroxyl groups is 1. The predicted octanol–water partition coefficient (Wildman–Crippen LogP) is 2.31. The molecule has 1 aliphatic heterocycles. The molecule has 0 amide bonds. The highest BCUT2D eigenvalue weighted by Crippen LogP contribution is 2.64. The molecule has 3 aliphatic rings. The van der Waals surface area contributed by atoms with Gasteiger partial charge in [-0.1, -0.05) is 13.8 Å². The predicted molar refractivity (Wildman–Crippen MR) is 111 cm³/mol. The molecule has 2 aliphatic carbocycles. The highest BCUT2D eigenvalue weighted by molar-refractivity contribution is 7.89. The second-order valence-corrected chi connectivity index (χ2v) is 11.7. The highest BCUT2D eigenvalue weighted by Gasteiger charge is 2.65. The average Bonchev–Trinajstić information content (AvgIpc) is 3.07. The Balaban J connectivity index is 1.51. The normalized spacial score (nSPS) is 30.8. The van der Waals surface area contributed by atoms with Gasteiger partial charge in [-0.05, 0) is 36.3 Å². The summed E-state index contributed by atoms with van der Waals surface area (Å²) in [4.78, 5) is 18.3. The number of piperazine rings is 1. The quantitative estimate of drug-likeness (QED) is 0.703. The lowest BCUT2D eigenvalue weighted by molar-refractivity contribution is -0.137. The van der Waals surface area contributed by atoms with Gasteiger partial charge in [-0.2, -0.15) is 17.5 Å². The van der Waals surface area contributed by atoms with Crippen LogP contribution in [-0.4, -0.2) is 66.6 Å². The number of carbonyl (C=O) groups excluding carboxylic acids is 1. The summed E-state index contributed by atoms with van der Waals surface area (Å²) < 4.78 is 66.4. The summed E-state index contributed by atoms with van der Waals surface area (Å²) in [6.07, 6.45) is -1.92. The summed E-state index contributed by atoms with van der Waals surface area (Å²) in [7, 11) is -3.78. The molecule has 0 aromatic carbocycles. The molecular formula is C21H28F3N3O4S. The second kappa shape index (κ2) is 7.66. The Labute approximate surface area is 185 Å². The summed E-state index contributed by atoms with van der Waals surface area (Å²) in [5.41, 5.74) is -2.13. The maximum absolute atomic E-state index is 13.4. The van der Waals surface area contributed by atoms with Crippen LogP contribution in [0.25, 0.3) is 0 Å². The number of anilines is 1. The molecule has 3 atom stereocenters. The third-order valence-electron chi connectivity index (χ3n) is 7.99. The Morgan fingerprint density at radius 1 is 1.25 bits per heavy atom. The smallest absolute Gasteiger partial charge is 0.394 e. The number of carbonyl (C=O) groups is 1. The number of fused-ring (bicyclic) bond motifs is 2. The fraction of sp³-hybridized carbons (Fsp3) is 0.714. The largest absolute Gasteiger partial charge is 0.417 e. The van der Waals surface area contributed by atoms with Crippen LogP contribution in [0.2, 0.25) is 0 Å². The van der Waals surface area contributed by atoms with E-state index in [9.17, 15) is 31.5 Å². The molecule has 2 bridgehead atoms. The molecular weight excluding hydrogens is 447 g/mol. The van der Waals surface area contributed by atoms with Gasteiger partial charge in [-0.15, -0.1) is 0 Å². The molecule has 0 spiro atoms. The van der Waals surface area contributed by atoms with Crippen molar-refractivity contribution >= 4 is 21.6 Å². The maximum Gasteiger partial charge on any atom is 0.417 e. The first-order chi connectivity index (χ1) is 14.8. The molecule has 1 unspecified atom stereocenters. The van der Waals surface area contributed by atoms with Crippen molar-refractivity contribution in [3.63, 3.8) is 0 Å². The summed E-state index contributed by atoms with van der Waals surface area (Å²) in [5, 5.41) is 9.88. The number of nitrogens with zero attached hydrogens (tertiary/aromatic N) is 3. The van der Waals surface area contributed by atoms with Gasteiger partial charge in [-0.25, -0.2) is 13.4 Å². The van der Waals surface area contributed by atoms with Crippen molar-refractivity contribution in [3.05, 3.63) is 23.9 Å². The van der Waals surface area contributed by atoms with Gasteiger partial charge in [-0.3, -0.25) is 4.79 Å². The minimum absolute atomic E-state index is 0.0182. The zero-order chi connectivity index (χ0) is 23.5. The number of halogens is 3. The molecule has 1 aromatic heterocycles.